The smallest absolute Gasteiger partial charge is 0.299 e. The van der Waals surface area contributed by atoms with Crippen molar-refractivity contribution in [1.29, 1.82) is 0 Å². The van der Waals surface area contributed by atoms with Crippen molar-refractivity contribution in [3.8, 4) is 17.1 Å². The van der Waals surface area contributed by atoms with E-state index in [0.29, 0.717) is 22.2 Å². The van der Waals surface area contributed by atoms with Crippen molar-refractivity contribution < 1.29 is 4.74 Å². The minimum absolute atomic E-state index is 0.101. The van der Waals surface area contributed by atoms with E-state index in [9.17, 15) is 9.59 Å². The molecule has 0 aliphatic carbocycles. The van der Waals surface area contributed by atoms with Crippen LogP contribution in [0.4, 0.5) is 0 Å². The van der Waals surface area contributed by atoms with E-state index in [4.69, 9.17) is 28.6 Å². The summed E-state index contributed by atoms with van der Waals surface area (Å²) in [6.45, 7) is 0. The monoisotopic (exact) mass is 514 g/mol. The molecule has 0 bridgehead atoms. The predicted molar refractivity (Wildman–Crippen MR) is 143 cm³/mol. The number of hydrogen-bond donors (Lipinski definition) is 1. The molecular weight excluding hydrogens is 496 g/mol. The molecular formula is C27H19ClN4O3S. The Kier molecular flexibility index (Phi) is 6.37. The fraction of sp³-hybridized carbons (Fsp3) is 0.0370. The summed E-state index contributed by atoms with van der Waals surface area (Å²) < 4.78 is 7.66. The summed E-state index contributed by atoms with van der Waals surface area (Å²) in [5.41, 5.74) is 0.984. The van der Waals surface area contributed by atoms with E-state index < -0.39 is 11.1 Å². The number of benzene rings is 3. The Morgan fingerprint density at radius 3 is 2.19 bits per heavy atom. The van der Waals surface area contributed by atoms with Gasteiger partial charge in [-0.25, -0.2) is 4.98 Å². The number of nitrogens with one attached hydrogen (secondary N) is 1. The van der Waals surface area contributed by atoms with Crippen molar-refractivity contribution in [3.63, 3.8) is 0 Å². The fourth-order valence-electron chi connectivity index (χ4n) is 3.76. The third kappa shape index (κ3) is 4.51. The summed E-state index contributed by atoms with van der Waals surface area (Å²) in [5.74, 6) is 1.01. The van der Waals surface area contributed by atoms with Gasteiger partial charge in [0, 0.05) is 10.6 Å². The molecule has 1 N–H and O–H groups in total. The van der Waals surface area contributed by atoms with Gasteiger partial charge in [-0.2, -0.15) is 9.35 Å². The summed E-state index contributed by atoms with van der Waals surface area (Å²) in [7, 11) is 1.58. The highest BCUT2D eigenvalue weighted by Crippen LogP contribution is 2.19. The number of nitrogens with zero attached hydrogens (tertiary/aromatic N) is 3. The molecule has 7 nitrogen and oxygen atoms in total. The highest BCUT2D eigenvalue weighted by molar-refractivity contribution is 7.71. The first kappa shape index (κ1) is 23.5. The molecule has 0 spiro atoms. The van der Waals surface area contributed by atoms with Crippen LogP contribution in [0.2, 0.25) is 5.02 Å². The van der Waals surface area contributed by atoms with Crippen LogP contribution in [0, 0.1) is 4.77 Å². The number of aromatic amines is 1. The van der Waals surface area contributed by atoms with Gasteiger partial charge in [0.05, 0.1) is 7.11 Å². The van der Waals surface area contributed by atoms with Crippen molar-refractivity contribution in [2.45, 2.75) is 0 Å². The molecule has 3 aromatic carbocycles. The minimum atomic E-state index is -0.592. The number of aromatic nitrogens is 4. The SMILES string of the molecule is COc1ccc(/C=c2/[nH]c(=S)n3c(-c4ccc(Cl)cc4)n/c(=C/c4ccccc4)c(=O)n-3c2=O)cc1. The van der Waals surface area contributed by atoms with Crippen LogP contribution in [0.3, 0.4) is 0 Å². The topological polar surface area (TPSA) is 81.9 Å². The molecule has 0 aromatic heterocycles. The predicted octanol–water partition coefficient (Wildman–Crippen LogP) is 3.20. The van der Waals surface area contributed by atoms with Gasteiger partial charge in [-0.1, -0.05) is 54.1 Å². The first-order valence-corrected chi connectivity index (χ1v) is 11.7. The third-order valence-corrected chi connectivity index (χ3v) is 6.05. The highest BCUT2D eigenvalue weighted by Gasteiger charge is 2.18. The van der Waals surface area contributed by atoms with Gasteiger partial charge in [-0.05, 0) is 71.9 Å². The van der Waals surface area contributed by atoms with Crippen molar-refractivity contribution >= 4 is 36.0 Å². The van der Waals surface area contributed by atoms with Crippen LogP contribution in [0.1, 0.15) is 11.1 Å². The van der Waals surface area contributed by atoms with Gasteiger partial charge >= 0.3 is 0 Å². The lowest BCUT2D eigenvalue weighted by atomic mass is 10.2. The van der Waals surface area contributed by atoms with Crippen LogP contribution in [0.5, 0.6) is 5.75 Å². The van der Waals surface area contributed by atoms with Crippen molar-refractivity contribution in [2.75, 3.05) is 7.11 Å². The van der Waals surface area contributed by atoms with Crippen LogP contribution in [-0.4, -0.2) is 26.4 Å². The molecule has 0 saturated heterocycles. The number of H-pyrrole nitrogens is 1. The summed E-state index contributed by atoms with van der Waals surface area (Å²) in [6.07, 6.45) is 3.27. The quantitative estimate of drug-likeness (QED) is 0.372. The van der Waals surface area contributed by atoms with Crippen molar-refractivity contribution in [2.24, 2.45) is 0 Å². The van der Waals surface area contributed by atoms with E-state index in [2.05, 4.69) is 9.97 Å². The molecule has 0 atom stereocenters. The Morgan fingerprint density at radius 2 is 1.53 bits per heavy atom. The van der Waals surface area contributed by atoms with Crippen LogP contribution in [0.15, 0.2) is 88.5 Å². The van der Waals surface area contributed by atoms with Crippen molar-refractivity contribution in [3.05, 3.63) is 131 Å². The number of halogens is 1. The lowest BCUT2D eigenvalue weighted by Gasteiger charge is -2.16. The Labute approximate surface area is 215 Å². The largest absolute Gasteiger partial charge is 0.497 e. The van der Waals surface area contributed by atoms with Crippen LogP contribution in [0.25, 0.3) is 23.5 Å². The van der Waals surface area contributed by atoms with E-state index in [1.54, 1.807) is 67.8 Å². The molecule has 36 heavy (non-hydrogen) atoms. The minimum Gasteiger partial charge on any atom is -0.497 e. The number of rotatable bonds is 4. The Hall–Kier alpha value is -4.27. The second kappa shape index (κ2) is 9.77. The maximum Gasteiger partial charge on any atom is 0.299 e. The van der Waals surface area contributed by atoms with E-state index in [1.807, 2.05) is 30.3 Å². The van der Waals surface area contributed by atoms with Gasteiger partial charge in [0.15, 0.2) is 10.6 Å². The van der Waals surface area contributed by atoms with E-state index in [0.717, 1.165) is 15.8 Å². The Morgan fingerprint density at radius 1 is 0.861 bits per heavy atom. The summed E-state index contributed by atoms with van der Waals surface area (Å²) in [4.78, 5) is 34.8. The number of fused-ring (bicyclic) bond motifs is 1. The molecule has 9 heteroatoms. The van der Waals surface area contributed by atoms with Crippen molar-refractivity contribution in [1.82, 2.24) is 19.3 Å². The molecule has 0 radical (unpaired) electrons. The second-order valence-corrected chi connectivity index (χ2v) is 8.70. The van der Waals surface area contributed by atoms with Crippen LogP contribution in [-0.2, 0) is 0 Å². The van der Waals surface area contributed by atoms with Crippen LogP contribution >= 0.6 is 23.8 Å². The molecule has 178 valence electrons. The van der Waals surface area contributed by atoms with Gasteiger partial charge < -0.3 is 9.72 Å². The lowest BCUT2D eigenvalue weighted by Crippen LogP contribution is -2.54. The number of methoxy groups -OCH3 is 1. The zero-order valence-electron chi connectivity index (χ0n) is 19.0. The zero-order valence-corrected chi connectivity index (χ0v) is 20.6. The normalized spacial score (nSPS) is 12.3. The second-order valence-electron chi connectivity index (χ2n) is 7.88. The van der Waals surface area contributed by atoms with Gasteiger partial charge in [0.1, 0.15) is 16.4 Å². The molecule has 2 aliphatic rings. The summed E-state index contributed by atoms with van der Waals surface area (Å²) in [5, 5.41) is 0.804. The molecule has 0 saturated carbocycles. The third-order valence-electron chi connectivity index (χ3n) is 5.53. The molecule has 3 aromatic rings. The number of hydrogen-bond acceptors (Lipinski definition) is 5. The van der Waals surface area contributed by atoms with E-state index >= 15 is 0 Å². The van der Waals surface area contributed by atoms with E-state index in [1.165, 1.54) is 4.68 Å². The molecule has 0 fully saturated rings. The summed E-state index contributed by atoms with van der Waals surface area (Å²) >= 11 is 11.7. The molecule has 2 heterocycles. The maximum atomic E-state index is 13.6. The van der Waals surface area contributed by atoms with Gasteiger partial charge in [-0.15, -0.1) is 0 Å². The maximum absolute atomic E-state index is 13.6. The highest BCUT2D eigenvalue weighted by atomic mass is 35.5. The molecule has 0 amide bonds. The standard InChI is InChI=1S/C27H19ClN4O3S/c1-35-21-13-7-18(8-14-21)16-23-26(34)32-25(33)22(15-17-5-3-2-4-6-17)29-24(31(32)27(36)30-23)19-9-11-20(28)12-10-19/h2-16H,1H3,(H,30,36)/b22-15+,23-16+. The lowest BCUT2D eigenvalue weighted by molar-refractivity contribution is 0.415. The first-order valence-electron chi connectivity index (χ1n) is 10.9. The number of ether oxygens (including phenoxy) is 1. The average Bonchev–Trinajstić information content (AvgIpc) is 2.89. The van der Waals surface area contributed by atoms with Gasteiger partial charge in [0.2, 0.25) is 0 Å². The van der Waals surface area contributed by atoms with Crippen LogP contribution < -0.4 is 26.6 Å². The summed E-state index contributed by atoms with van der Waals surface area (Å²) in [6, 6.07) is 23.4. The Balaban J connectivity index is 1.87. The first-order chi connectivity index (χ1) is 17.4. The van der Waals surface area contributed by atoms with E-state index in [-0.39, 0.29) is 15.5 Å². The Bertz CT molecular complexity index is 1830. The molecule has 2 aliphatic heterocycles. The zero-order chi connectivity index (χ0) is 25.2. The van der Waals surface area contributed by atoms with Gasteiger partial charge in [0.25, 0.3) is 11.1 Å². The molecule has 0 unspecified atom stereocenters. The van der Waals surface area contributed by atoms with Gasteiger partial charge in [-0.3, -0.25) is 9.59 Å². The fourth-order valence-corrected chi connectivity index (χ4v) is 4.16. The molecule has 5 rings (SSSR count). The average molecular weight is 515 g/mol.